The number of pyridine rings is 1. The molecule has 0 bridgehead atoms. The molecular weight excluding hydrogens is 334 g/mol. The first-order valence-corrected chi connectivity index (χ1v) is 8.98. The van der Waals surface area contributed by atoms with Crippen LogP contribution in [0.4, 0.5) is 0 Å². The quantitative estimate of drug-likeness (QED) is 0.837. The maximum Gasteiger partial charge on any atom is 0.292 e. The van der Waals surface area contributed by atoms with Crippen LogP contribution in [0.25, 0.3) is 0 Å². The summed E-state index contributed by atoms with van der Waals surface area (Å²) in [6.07, 6.45) is 4.99. The molecule has 1 saturated heterocycles. The summed E-state index contributed by atoms with van der Waals surface area (Å²) in [7, 11) is 1.74. The van der Waals surface area contributed by atoms with Crippen molar-refractivity contribution in [1.82, 2.24) is 15.0 Å². The molecule has 138 valence electrons. The van der Waals surface area contributed by atoms with Gasteiger partial charge in [-0.2, -0.15) is 0 Å². The third kappa shape index (κ3) is 2.96. The summed E-state index contributed by atoms with van der Waals surface area (Å²) in [5.41, 5.74) is 0.389. The summed E-state index contributed by atoms with van der Waals surface area (Å²) < 4.78 is 17.1. The minimum Gasteiger partial charge on any atom is -0.474 e. The predicted molar refractivity (Wildman–Crippen MR) is 92.9 cm³/mol. The lowest BCUT2D eigenvalue weighted by Crippen LogP contribution is -2.53. The average molecular weight is 357 g/mol. The molecule has 0 radical (unpaired) electrons. The zero-order valence-corrected chi connectivity index (χ0v) is 15.1. The number of amides is 1. The lowest BCUT2D eigenvalue weighted by Gasteiger charge is -2.43. The minimum absolute atomic E-state index is 0.00281. The zero-order chi connectivity index (χ0) is 18.1. The van der Waals surface area contributed by atoms with E-state index in [0.29, 0.717) is 24.5 Å². The first kappa shape index (κ1) is 17.0. The molecule has 1 saturated carbocycles. The van der Waals surface area contributed by atoms with Crippen LogP contribution in [0.5, 0.6) is 5.88 Å². The van der Waals surface area contributed by atoms with Gasteiger partial charge in [0.25, 0.3) is 5.91 Å². The van der Waals surface area contributed by atoms with Gasteiger partial charge in [-0.05, 0) is 32.3 Å². The number of likely N-dealkylation sites (tertiary alicyclic amines) is 1. The van der Waals surface area contributed by atoms with Gasteiger partial charge < -0.3 is 18.9 Å². The second-order valence-electron chi connectivity index (χ2n) is 7.05. The molecule has 0 N–H and O–H groups in total. The van der Waals surface area contributed by atoms with Crippen molar-refractivity contribution in [2.75, 3.05) is 13.7 Å². The van der Waals surface area contributed by atoms with Crippen molar-refractivity contribution in [3.63, 3.8) is 0 Å². The van der Waals surface area contributed by atoms with Crippen LogP contribution in [0.1, 0.15) is 41.9 Å². The third-order valence-corrected chi connectivity index (χ3v) is 5.57. The van der Waals surface area contributed by atoms with Crippen LogP contribution in [0.3, 0.4) is 0 Å². The van der Waals surface area contributed by atoms with E-state index in [-0.39, 0.29) is 29.4 Å². The lowest BCUT2D eigenvalue weighted by molar-refractivity contribution is -0.0791. The molecule has 1 aliphatic heterocycles. The molecule has 2 aliphatic rings. The van der Waals surface area contributed by atoms with Gasteiger partial charge in [-0.1, -0.05) is 11.2 Å². The van der Waals surface area contributed by atoms with Crippen LogP contribution in [0, 0.1) is 6.92 Å². The molecule has 4 rings (SSSR count). The van der Waals surface area contributed by atoms with E-state index < -0.39 is 0 Å². The van der Waals surface area contributed by atoms with Crippen molar-refractivity contribution in [3.05, 3.63) is 41.9 Å². The first-order valence-electron chi connectivity index (χ1n) is 8.98. The molecule has 3 atom stereocenters. The van der Waals surface area contributed by atoms with Crippen molar-refractivity contribution in [2.24, 2.45) is 0 Å². The standard InChI is InChI=1S/C19H23N3O4/c1-13-11-15(26-21-13)18(23)22-10-8-19(24-2)7-6-14(12-16(19)22)25-17-5-3-4-9-20-17/h3-5,9,11,14,16H,6-8,10,12H2,1-2H3/t14-,16-,19+/m0/s1. The SMILES string of the molecule is CO[C@@]12CC[C@H](Oc3ccccn3)C[C@@H]1N(C(=O)c1cc(C)no1)CC2. The predicted octanol–water partition coefficient (Wildman–Crippen LogP) is 2.61. The summed E-state index contributed by atoms with van der Waals surface area (Å²) in [5.74, 6) is 0.763. The molecule has 1 amide bonds. The largest absolute Gasteiger partial charge is 0.474 e. The molecule has 7 heteroatoms. The van der Waals surface area contributed by atoms with Crippen LogP contribution in [-0.4, -0.2) is 52.3 Å². The van der Waals surface area contributed by atoms with Crippen LogP contribution in [-0.2, 0) is 4.74 Å². The average Bonchev–Trinajstić information content (AvgIpc) is 3.26. The van der Waals surface area contributed by atoms with E-state index in [9.17, 15) is 4.79 Å². The normalized spacial score (nSPS) is 28.0. The number of methoxy groups -OCH3 is 1. The van der Waals surface area contributed by atoms with Gasteiger partial charge in [-0.25, -0.2) is 4.98 Å². The highest BCUT2D eigenvalue weighted by Crippen LogP contribution is 2.43. The third-order valence-electron chi connectivity index (χ3n) is 5.57. The molecule has 26 heavy (non-hydrogen) atoms. The Bertz CT molecular complexity index is 778. The van der Waals surface area contributed by atoms with Crippen molar-refractivity contribution in [2.45, 2.75) is 50.4 Å². The van der Waals surface area contributed by atoms with Crippen LogP contribution < -0.4 is 4.74 Å². The van der Waals surface area contributed by atoms with Gasteiger partial charge >= 0.3 is 0 Å². The van der Waals surface area contributed by atoms with E-state index in [2.05, 4.69) is 10.1 Å². The van der Waals surface area contributed by atoms with E-state index in [1.807, 2.05) is 23.1 Å². The Kier molecular flexibility index (Phi) is 4.40. The highest BCUT2D eigenvalue weighted by molar-refractivity contribution is 5.92. The summed E-state index contributed by atoms with van der Waals surface area (Å²) in [4.78, 5) is 19.0. The highest BCUT2D eigenvalue weighted by atomic mass is 16.5. The summed E-state index contributed by atoms with van der Waals surface area (Å²) in [6.45, 7) is 2.45. The van der Waals surface area contributed by atoms with Gasteiger partial charge in [0.05, 0.1) is 17.3 Å². The Balaban J connectivity index is 1.53. The first-order chi connectivity index (χ1) is 12.6. The fourth-order valence-electron chi connectivity index (χ4n) is 4.21. The van der Waals surface area contributed by atoms with E-state index in [0.717, 1.165) is 19.3 Å². The molecule has 3 heterocycles. The van der Waals surface area contributed by atoms with E-state index >= 15 is 0 Å². The van der Waals surface area contributed by atoms with Gasteiger partial charge in [-0.3, -0.25) is 4.79 Å². The summed E-state index contributed by atoms with van der Waals surface area (Å²) in [5, 5.41) is 3.83. The van der Waals surface area contributed by atoms with Crippen molar-refractivity contribution < 1.29 is 18.8 Å². The smallest absolute Gasteiger partial charge is 0.292 e. The fourth-order valence-corrected chi connectivity index (χ4v) is 4.21. The molecule has 0 unspecified atom stereocenters. The number of nitrogens with zero attached hydrogens (tertiary/aromatic N) is 3. The van der Waals surface area contributed by atoms with Crippen molar-refractivity contribution in [1.29, 1.82) is 0 Å². The van der Waals surface area contributed by atoms with Gasteiger partial charge in [0.1, 0.15) is 6.10 Å². The second-order valence-corrected chi connectivity index (χ2v) is 7.05. The van der Waals surface area contributed by atoms with Crippen LogP contribution in [0.15, 0.2) is 35.0 Å². The van der Waals surface area contributed by atoms with Crippen LogP contribution >= 0.6 is 0 Å². The number of aryl methyl sites for hydroxylation is 1. The maximum absolute atomic E-state index is 12.9. The number of hydrogen-bond donors (Lipinski definition) is 0. The van der Waals surface area contributed by atoms with E-state index in [4.69, 9.17) is 14.0 Å². The Labute approximate surface area is 152 Å². The number of fused-ring (bicyclic) bond motifs is 1. The van der Waals surface area contributed by atoms with Crippen molar-refractivity contribution in [3.8, 4) is 5.88 Å². The van der Waals surface area contributed by atoms with E-state index in [1.54, 1.807) is 26.3 Å². The number of hydrogen-bond acceptors (Lipinski definition) is 6. The Morgan fingerprint density at radius 1 is 1.38 bits per heavy atom. The van der Waals surface area contributed by atoms with Gasteiger partial charge in [0, 0.05) is 38.4 Å². The lowest BCUT2D eigenvalue weighted by atomic mass is 9.79. The van der Waals surface area contributed by atoms with Gasteiger partial charge in [0.15, 0.2) is 0 Å². The molecule has 0 spiro atoms. The summed E-state index contributed by atoms with van der Waals surface area (Å²) in [6, 6.07) is 7.25. The monoisotopic (exact) mass is 357 g/mol. The number of ether oxygens (including phenoxy) is 2. The topological polar surface area (TPSA) is 77.7 Å². The van der Waals surface area contributed by atoms with E-state index in [1.165, 1.54) is 0 Å². The molecular formula is C19H23N3O4. The summed E-state index contributed by atoms with van der Waals surface area (Å²) >= 11 is 0. The second kappa shape index (κ2) is 6.72. The number of carbonyl (C=O) groups is 1. The zero-order valence-electron chi connectivity index (χ0n) is 15.1. The molecule has 0 aromatic carbocycles. The maximum atomic E-state index is 12.9. The van der Waals surface area contributed by atoms with Gasteiger partial charge in [0.2, 0.25) is 11.6 Å². The number of aromatic nitrogens is 2. The van der Waals surface area contributed by atoms with Crippen LogP contribution in [0.2, 0.25) is 0 Å². The molecule has 1 aliphatic carbocycles. The Hall–Kier alpha value is -2.41. The Morgan fingerprint density at radius 3 is 2.96 bits per heavy atom. The van der Waals surface area contributed by atoms with Crippen molar-refractivity contribution >= 4 is 5.91 Å². The molecule has 2 aromatic rings. The number of carbonyl (C=O) groups excluding carboxylic acids is 1. The fraction of sp³-hybridized carbons (Fsp3) is 0.526. The Morgan fingerprint density at radius 2 is 2.27 bits per heavy atom. The highest BCUT2D eigenvalue weighted by Gasteiger charge is 2.53. The molecule has 7 nitrogen and oxygen atoms in total. The minimum atomic E-state index is -0.311. The number of rotatable bonds is 4. The molecule has 2 fully saturated rings. The molecule has 2 aromatic heterocycles. The van der Waals surface area contributed by atoms with Gasteiger partial charge in [-0.15, -0.1) is 0 Å².